The predicted molar refractivity (Wildman–Crippen MR) is 183 cm³/mol. The number of methoxy groups -OCH3 is 1. The first-order valence-electron chi connectivity index (χ1n) is 17.0. The Balaban J connectivity index is 1.40. The number of carbonyl (C=O) groups excluding carboxylic acids is 2. The summed E-state index contributed by atoms with van der Waals surface area (Å²) in [6.45, 7) is 0.486. The lowest BCUT2D eigenvalue weighted by Crippen LogP contribution is -2.49. The number of benzene rings is 2. The first kappa shape index (κ1) is 32.2. The average Bonchev–Trinajstić information content (AvgIpc) is 3.48. The van der Waals surface area contributed by atoms with Gasteiger partial charge < -0.3 is 19.5 Å². The van der Waals surface area contributed by atoms with Gasteiger partial charge in [0.2, 0.25) is 5.91 Å². The molecule has 4 aliphatic rings. The highest BCUT2D eigenvalue weighted by atomic mass is 32.2. The zero-order chi connectivity index (χ0) is 33.2. The van der Waals surface area contributed by atoms with Gasteiger partial charge in [-0.25, -0.2) is 4.72 Å². The first-order valence-corrected chi connectivity index (χ1v) is 18.5. The standard InChI is InChI=1S/C36H47N5O5S/c1-39(2)30-13-9-12-29(30)37-35(43)36-20-28(36)27-19-24(46-5)15-17-25(27)33-32(22-10-7-6-8-11-22)26-16-14-23(18-31(26)41(33)21-36)34(42)38-47(44,45)40(3)4/h14-19,22,28-30H,6-13,20-21H2,1-5H3,(H,37,43)(H,38,42)/t28?,29-,30-,36?/m1/s1. The molecule has 0 saturated heterocycles. The summed E-state index contributed by atoms with van der Waals surface area (Å²) in [6.07, 6.45) is 9.60. The van der Waals surface area contributed by atoms with E-state index < -0.39 is 21.5 Å². The van der Waals surface area contributed by atoms with Crippen molar-refractivity contribution in [2.75, 3.05) is 35.3 Å². The van der Waals surface area contributed by atoms with Gasteiger partial charge in [-0.3, -0.25) is 9.59 Å². The van der Waals surface area contributed by atoms with Crippen molar-refractivity contribution in [2.24, 2.45) is 5.41 Å². The molecule has 4 atom stereocenters. The van der Waals surface area contributed by atoms with E-state index in [1.807, 2.05) is 18.2 Å². The number of ether oxygens (including phenoxy) is 1. The largest absolute Gasteiger partial charge is 0.497 e. The van der Waals surface area contributed by atoms with Crippen LogP contribution in [0.1, 0.15) is 91.1 Å². The summed E-state index contributed by atoms with van der Waals surface area (Å²) in [7, 11) is 4.66. The van der Waals surface area contributed by atoms with Crippen LogP contribution in [0.2, 0.25) is 0 Å². The summed E-state index contributed by atoms with van der Waals surface area (Å²) in [5.74, 6) is 0.581. The zero-order valence-electron chi connectivity index (χ0n) is 28.1. The number of likely N-dealkylation sites (N-methyl/N-ethyl adjacent to an activating group) is 1. The fraction of sp³-hybridized carbons (Fsp3) is 0.556. The fourth-order valence-electron chi connectivity index (χ4n) is 8.75. The second kappa shape index (κ2) is 11.9. The minimum Gasteiger partial charge on any atom is -0.497 e. The Bertz CT molecular complexity index is 1840. The molecule has 1 aliphatic heterocycles. The van der Waals surface area contributed by atoms with Crippen molar-refractivity contribution in [1.82, 2.24) is 23.8 Å². The number of nitrogens with zero attached hydrogens (tertiary/aromatic N) is 3. The molecule has 2 aromatic carbocycles. The summed E-state index contributed by atoms with van der Waals surface area (Å²) in [5, 5.41) is 4.57. The van der Waals surface area contributed by atoms with Gasteiger partial charge in [0.15, 0.2) is 0 Å². The van der Waals surface area contributed by atoms with Crippen molar-refractivity contribution < 1.29 is 22.7 Å². The van der Waals surface area contributed by atoms with Crippen LogP contribution in [0.25, 0.3) is 22.2 Å². The topological polar surface area (TPSA) is 113 Å². The van der Waals surface area contributed by atoms with Crippen LogP contribution in [0, 0.1) is 5.41 Å². The third-order valence-electron chi connectivity index (χ3n) is 11.4. The molecule has 47 heavy (non-hydrogen) atoms. The molecule has 0 spiro atoms. The number of hydrogen-bond donors (Lipinski definition) is 2. The van der Waals surface area contributed by atoms with Crippen molar-refractivity contribution in [1.29, 1.82) is 0 Å². The zero-order valence-corrected chi connectivity index (χ0v) is 29.0. The van der Waals surface area contributed by atoms with E-state index in [1.54, 1.807) is 13.2 Å². The molecule has 3 fully saturated rings. The summed E-state index contributed by atoms with van der Waals surface area (Å²) in [5.41, 5.74) is 5.14. The average molecular weight is 662 g/mol. The number of hydrogen-bond acceptors (Lipinski definition) is 6. The molecule has 2 amide bonds. The van der Waals surface area contributed by atoms with E-state index in [4.69, 9.17) is 4.74 Å². The molecule has 3 saturated carbocycles. The fourth-order valence-corrected chi connectivity index (χ4v) is 9.28. The number of carbonyl (C=O) groups is 2. The molecule has 2 heterocycles. The highest BCUT2D eigenvalue weighted by Crippen LogP contribution is 2.65. The lowest BCUT2D eigenvalue weighted by atomic mass is 9.81. The highest BCUT2D eigenvalue weighted by molar-refractivity contribution is 7.87. The van der Waals surface area contributed by atoms with Gasteiger partial charge in [-0.15, -0.1) is 0 Å². The second-order valence-corrected chi connectivity index (χ2v) is 16.4. The van der Waals surface area contributed by atoms with E-state index >= 15 is 0 Å². The number of nitrogens with one attached hydrogen (secondary N) is 2. The number of aromatic nitrogens is 1. The Hall–Kier alpha value is -3.41. The van der Waals surface area contributed by atoms with Crippen molar-refractivity contribution in [3.63, 3.8) is 0 Å². The van der Waals surface area contributed by atoms with Crippen LogP contribution in [0.4, 0.5) is 0 Å². The summed E-state index contributed by atoms with van der Waals surface area (Å²) >= 11 is 0. The van der Waals surface area contributed by atoms with Crippen LogP contribution in [-0.4, -0.2) is 81.4 Å². The van der Waals surface area contributed by atoms with Gasteiger partial charge in [0.25, 0.3) is 5.91 Å². The molecule has 3 aromatic rings. The van der Waals surface area contributed by atoms with Crippen LogP contribution < -0.4 is 14.8 Å². The second-order valence-electron chi connectivity index (χ2n) is 14.5. The minimum atomic E-state index is -3.97. The van der Waals surface area contributed by atoms with Gasteiger partial charge in [-0.2, -0.15) is 12.7 Å². The Morgan fingerprint density at radius 3 is 2.43 bits per heavy atom. The molecule has 0 bridgehead atoms. The van der Waals surface area contributed by atoms with Crippen molar-refractivity contribution >= 4 is 32.9 Å². The molecule has 7 rings (SSSR count). The van der Waals surface area contributed by atoms with Gasteiger partial charge in [0.1, 0.15) is 5.75 Å². The molecule has 252 valence electrons. The summed E-state index contributed by atoms with van der Waals surface area (Å²) in [4.78, 5) is 30.1. The van der Waals surface area contributed by atoms with Gasteiger partial charge in [-0.1, -0.05) is 25.3 Å². The quantitative estimate of drug-likeness (QED) is 0.352. The Morgan fingerprint density at radius 2 is 1.72 bits per heavy atom. The molecule has 2 N–H and O–H groups in total. The van der Waals surface area contributed by atoms with Crippen molar-refractivity contribution in [3.8, 4) is 17.0 Å². The molecule has 11 heteroatoms. The van der Waals surface area contributed by atoms with E-state index in [1.165, 1.54) is 38.9 Å². The predicted octanol–water partition coefficient (Wildman–Crippen LogP) is 4.99. The first-order chi connectivity index (χ1) is 22.4. The van der Waals surface area contributed by atoms with E-state index in [9.17, 15) is 18.0 Å². The van der Waals surface area contributed by atoms with Crippen LogP contribution in [0.3, 0.4) is 0 Å². The normalized spacial score (nSPS) is 25.6. The van der Waals surface area contributed by atoms with E-state index in [2.05, 4.69) is 45.7 Å². The Labute approximate surface area is 278 Å². The van der Waals surface area contributed by atoms with Crippen LogP contribution >= 0.6 is 0 Å². The molecule has 1 aromatic heterocycles. The molecule has 2 unspecified atom stereocenters. The van der Waals surface area contributed by atoms with Crippen molar-refractivity contribution in [2.45, 2.75) is 88.3 Å². The van der Waals surface area contributed by atoms with E-state index in [0.29, 0.717) is 18.5 Å². The summed E-state index contributed by atoms with van der Waals surface area (Å²) < 4.78 is 36.3. The maximum Gasteiger partial charge on any atom is 0.303 e. The highest BCUT2D eigenvalue weighted by Gasteiger charge is 2.63. The third-order valence-corrected chi connectivity index (χ3v) is 12.8. The third kappa shape index (κ3) is 5.44. The molecular formula is C36H47N5O5S. The number of rotatable bonds is 8. The Kier molecular flexibility index (Phi) is 8.16. The van der Waals surface area contributed by atoms with Gasteiger partial charge >= 0.3 is 10.2 Å². The number of fused-ring (bicyclic) bond motifs is 7. The SMILES string of the molecule is COc1ccc2c(c1)C1CC1(C(=O)N[C@@H]1CCC[C@H]1N(C)C)Cn1c-2c(C2CCCCC2)c2ccc(C(=O)NS(=O)(=O)N(C)C)cc21. The minimum absolute atomic E-state index is 0.0395. The number of amides is 2. The maximum absolute atomic E-state index is 14.5. The lowest BCUT2D eigenvalue weighted by molar-refractivity contribution is -0.128. The van der Waals surface area contributed by atoms with Crippen LogP contribution in [-0.2, 0) is 21.5 Å². The van der Waals surface area contributed by atoms with Gasteiger partial charge in [0.05, 0.1) is 18.2 Å². The van der Waals surface area contributed by atoms with Crippen LogP contribution in [0.5, 0.6) is 5.75 Å². The smallest absolute Gasteiger partial charge is 0.303 e. The van der Waals surface area contributed by atoms with Gasteiger partial charge in [-0.05, 0) is 100.0 Å². The van der Waals surface area contributed by atoms with Gasteiger partial charge in [0, 0.05) is 60.7 Å². The van der Waals surface area contributed by atoms with Crippen LogP contribution in [0.15, 0.2) is 36.4 Å². The maximum atomic E-state index is 14.5. The Morgan fingerprint density at radius 1 is 0.957 bits per heavy atom. The molecule has 3 aliphatic carbocycles. The monoisotopic (exact) mass is 661 g/mol. The van der Waals surface area contributed by atoms with Crippen molar-refractivity contribution in [3.05, 3.63) is 53.1 Å². The van der Waals surface area contributed by atoms with E-state index in [-0.39, 0.29) is 23.4 Å². The van der Waals surface area contributed by atoms with E-state index in [0.717, 1.165) is 76.3 Å². The molecule has 0 radical (unpaired) electrons. The lowest BCUT2D eigenvalue weighted by Gasteiger charge is -2.29. The summed E-state index contributed by atoms with van der Waals surface area (Å²) in [6, 6.07) is 12.2. The molecular weight excluding hydrogens is 614 g/mol. The molecule has 10 nitrogen and oxygen atoms in total.